The number of imidazole rings is 4. The molecule has 14 aromatic rings. The third-order valence-electron chi connectivity index (χ3n) is 17.4. The molecule has 6 aromatic heterocycles. The van der Waals surface area contributed by atoms with Crippen molar-refractivity contribution < 1.29 is 162 Å². The molecule has 6 heterocycles. The minimum absolute atomic E-state index is 0. The van der Waals surface area contributed by atoms with Crippen molar-refractivity contribution in [3.8, 4) is 0 Å². The number of para-hydroxylation sites is 8. The van der Waals surface area contributed by atoms with Gasteiger partial charge in [-0.25, -0.2) is 9.97 Å². The molecule has 0 unspecified atom stereocenters. The van der Waals surface area contributed by atoms with Gasteiger partial charge in [0.2, 0.25) is 25.3 Å². The Morgan fingerprint density at radius 1 is 0.282 bits per heavy atom. The van der Waals surface area contributed by atoms with Crippen molar-refractivity contribution in [2.24, 2.45) is 0 Å². The Kier molecular flexibility index (Phi) is 41.7. The van der Waals surface area contributed by atoms with Crippen LogP contribution in [0.1, 0.15) is 89.9 Å². The van der Waals surface area contributed by atoms with Crippen LogP contribution in [0.5, 0.6) is 0 Å². The number of halogens is 16. The van der Waals surface area contributed by atoms with Crippen LogP contribution in [0.3, 0.4) is 0 Å². The van der Waals surface area contributed by atoms with Crippen LogP contribution in [0, 0.1) is 25.3 Å². The Morgan fingerprint density at radius 2 is 0.500 bits per heavy atom. The molecule has 0 bridgehead atoms. The molecule has 664 valence electrons. The van der Waals surface area contributed by atoms with Crippen molar-refractivity contribution in [2.45, 2.75) is 78.0 Å². The summed E-state index contributed by atoms with van der Waals surface area (Å²) < 4.78 is 173. The number of carbonyl (C=O) groups is 4. The maximum absolute atomic E-state index is 13.0. The fraction of sp³-hybridized carbons (Fsp3) is 0.195. The zero-order chi connectivity index (χ0) is 86.2. The molecule has 0 atom stereocenters. The molecule has 14 rings (SSSR count). The first-order chi connectivity index (χ1) is 57.2. The molecular weight excluding hydrogens is 2020 g/mol. The summed E-state index contributed by atoms with van der Waals surface area (Å²) in [7, 11) is -24.0. The van der Waals surface area contributed by atoms with Crippen molar-refractivity contribution in [1.82, 2.24) is 49.5 Å². The molecule has 124 heavy (non-hydrogen) atoms. The van der Waals surface area contributed by atoms with Gasteiger partial charge < -0.3 is 138 Å². The number of carbonyl (C=O) groups excluding carboxylic acids is 4. The Balaban J connectivity index is 0.000000352. The summed E-state index contributed by atoms with van der Waals surface area (Å²) in [6, 6.07) is 84.3. The minimum Gasteiger partial charge on any atom is -0.870 e. The van der Waals surface area contributed by atoms with Crippen LogP contribution in [0.25, 0.3) is 44.1 Å². The van der Waals surface area contributed by atoms with E-state index in [0.29, 0.717) is 78.0 Å². The van der Waals surface area contributed by atoms with E-state index in [4.69, 9.17) is 0 Å². The van der Waals surface area contributed by atoms with Gasteiger partial charge in [0.15, 0.2) is 0 Å². The summed E-state index contributed by atoms with van der Waals surface area (Å²) in [5.74, 6) is -1.23. The van der Waals surface area contributed by atoms with Crippen LogP contribution < -0.4 is 39.5 Å². The molecule has 0 saturated heterocycles. The number of nitrogens with one attached hydrogen (secondary N) is 4. The Morgan fingerprint density at radius 3 is 0.774 bits per heavy atom. The summed E-state index contributed by atoms with van der Waals surface area (Å²) in [6.07, 6.45) is 16.8. The Bertz CT molecular complexity index is 4940. The van der Waals surface area contributed by atoms with Crippen molar-refractivity contribution in [2.75, 3.05) is 26.2 Å². The Labute approximate surface area is 733 Å². The minimum atomic E-state index is -6.00. The molecule has 20 nitrogen and oxygen atoms in total. The van der Waals surface area contributed by atoms with E-state index in [1.54, 1.807) is 36.4 Å². The molecule has 42 heteroatoms. The van der Waals surface area contributed by atoms with E-state index in [1.165, 1.54) is 22.3 Å². The van der Waals surface area contributed by atoms with Gasteiger partial charge in [-0.15, -0.1) is 0 Å². The second kappa shape index (κ2) is 50.2. The quantitative estimate of drug-likeness (QED) is 0.0121. The van der Waals surface area contributed by atoms with Crippen molar-refractivity contribution >= 4 is 96.8 Å². The topological polar surface area (TPSA) is 237 Å². The third kappa shape index (κ3) is 35.7. The predicted octanol–water partition coefficient (Wildman–Crippen LogP) is 14.6. The van der Waals surface area contributed by atoms with Crippen molar-refractivity contribution in [3.63, 3.8) is 0 Å². The van der Waals surface area contributed by atoms with Crippen LogP contribution in [0.4, 0.5) is 69.1 Å². The van der Waals surface area contributed by atoms with Crippen molar-refractivity contribution in [3.05, 3.63) is 325 Å². The molecule has 8 aromatic carbocycles. The summed E-state index contributed by atoms with van der Waals surface area (Å²) in [6.45, 7) is 7.58. The number of pyridine rings is 2. The molecular formula is C82H80Au2B4F16N14O6-4. The van der Waals surface area contributed by atoms with Gasteiger partial charge in [-0.3, -0.25) is 19.2 Å². The number of fused-ring (bicyclic) bond motifs is 4. The molecule has 0 aliphatic rings. The van der Waals surface area contributed by atoms with Crippen LogP contribution in [0.15, 0.2) is 255 Å². The first-order valence-corrected chi connectivity index (χ1v) is 37.6. The first kappa shape index (κ1) is 103. The van der Waals surface area contributed by atoms with E-state index in [0.717, 1.165) is 70.3 Å². The SMILES string of the molecule is F[B-](F)(F)F.F[B-](F)(F)F.F[B-](F)(F)F.F[B-](F)(F)F.O=C(NCCCn1[c-][n+](Cc2ccccc2)c2ccccc21)c1cccc(C(=O)NCCC[n+]2[c-]n(Cc3ccccc3)c3ccccc32)n1.O=C(NCCCn1[c-][n+](Cc2ccccc2)c2ccccc21)c1cccc(C(=O)NCCC[n+]2[c-]n(Cc3ccccc3)c3ccccc32)n1.[Au+].[Au+].[OH-].[OH-]. The smallest absolute Gasteiger partial charge is 0.870 e. The molecule has 6 N–H and O–H groups in total. The van der Waals surface area contributed by atoms with E-state index in [-0.39, 0.29) is 102 Å². The summed E-state index contributed by atoms with van der Waals surface area (Å²) >= 11 is 0. The molecule has 0 spiro atoms. The largest absolute Gasteiger partial charge is 1.00 e. The fourth-order valence-electron chi connectivity index (χ4n) is 12.4. The Hall–Kier alpha value is -11.6. The number of rotatable bonds is 28. The third-order valence-corrected chi connectivity index (χ3v) is 17.4. The van der Waals surface area contributed by atoms with Crippen LogP contribution in [-0.2, 0) is 97.1 Å². The van der Waals surface area contributed by atoms with Gasteiger partial charge in [-0.05, 0) is 46.5 Å². The molecule has 0 aliphatic carbocycles. The van der Waals surface area contributed by atoms with Gasteiger partial charge >= 0.3 is 73.8 Å². The van der Waals surface area contributed by atoms with Gasteiger partial charge in [0.05, 0.1) is 52.4 Å². The molecule has 0 radical (unpaired) electrons. The first-order valence-electron chi connectivity index (χ1n) is 37.6. The molecule has 0 saturated carbocycles. The standard InChI is InChI=1S/2C41H39N7O2.2Au.4BF4.2H2O/c2*49-40(42-24-12-26-45-30-47(28-32-14-3-1-4-15-32)38-22-9-7-20-36(38)45)34-18-11-19-35(44-34)41(50)43-25-13-27-46-31-48(29-33-16-5-2-6-17-33)39-23-10-8-21-37(39)46;;;4*2-1(3,4)5;;/h2*1-11,14-23H,12-13,24-29H2,(H,42,49)(H,43,50);;;;;;;2*1H2/q;;2*+1;4*-1;;/p-2. The van der Waals surface area contributed by atoms with Crippen molar-refractivity contribution in [1.29, 1.82) is 0 Å². The van der Waals surface area contributed by atoms with E-state index < -0.39 is 29.0 Å². The monoisotopic (exact) mass is 2100 g/mol. The molecule has 4 amide bonds. The maximum Gasteiger partial charge on any atom is 1.00 e. The maximum atomic E-state index is 13.0. The van der Waals surface area contributed by atoms with Gasteiger partial charge in [-0.1, -0.05) is 231 Å². The molecule has 0 aliphatic heterocycles. The van der Waals surface area contributed by atoms with Crippen LogP contribution in [-0.4, -0.2) is 118 Å². The zero-order valence-electron chi connectivity index (χ0n) is 65.5. The fourth-order valence-corrected chi connectivity index (χ4v) is 12.4. The molecule has 0 fully saturated rings. The van der Waals surface area contributed by atoms with E-state index in [9.17, 15) is 88.2 Å². The van der Waals surface area contributed by atoms with Gasteiger partial charge in [0, 0.05) is 96.0 Å². The zero-order valence-corrected chi connectivity index (χ0v) is 69.9. The number of benzene rings is 8. The number of aromatic nitrogens is 10. The van der Waals surface area contributed by atoms with Gasteiger partial charge in [-0.2, -0.15) is 0 Å². The van der Waals surface area contributed by atoms with Gasteiger partial charge in [0.1, 0.15) is 22.8 Å². The average Bonchev–Trinajstić information content (AvgIpc) is 1.67. The van der Waals surface area contributed by atoms with E-state index >= 15 is 0 Å². The number of hydrogen-bond donors (Lipinski definition) is 4. The number of hydrogen-bond acceptors (Lipinski definition) is 8. The number of amides is 4. The second-order valence-corrected chi connectivity index (χ2v) is 26.5. The normalized spacial score (nSPS) is 11.0. The summed E-state index contributed by atoms with van der Waals surface area (Å²) in [5, 5.41) is 11.8. The second-order valence-electron chi connectivity index (χ2n) is 26.5. The predicted molar refractivity (Wildman–Crippen MR) is 427 cm³/mol. The average molecular weight is 2100 g/mol. The van der Waals surface area contributed by atoms with Gasteiger partial charge in [0.25, 0.3) is 23.6 Å². The van der Waals surface area contributed by atoms with Crippen LogP contribution in [0.2, 0.25) is 0 Å². The number of aryl methyl sites for hydroxylation is 4. The van der Waals surface area contributed by atoms with E-state index in [2.05, 4.69) is 190 Å². The van der Waals surface area contributed by atoms with E-state index in [1.807, 2.05) is 121 Å². The summed E-state index contributed by atoms with van der Waals surface area (Å²) in [5.41, 5.74) is 14.6. The van der Waals surface area contributed by atoms with Crippen LogP contribution >= 0.6 is 0 Å². The number of nitrogens with zero attached hydrogens (tertiary/aromatic N) is 10. The summed E-state index contributed by atoms with van der Waals surface area (Å²) in [4.78, 5) is 60.6.